The highest BCUT2D eigenvalue weighted by Crippen LogP contribution is 2.24. The molecule has 0 radical (unpaired) electrons. The topological polar surface area (TPSA) is 24.9 Å². The van der Waals surface area contributed by atoms with Crippen molar-refractivity contribution in [3.05, 3.63) is 52.7 Å². The summed E-state index contributed by atoms with van der Waals surface area (Å²) in [4.78, 5) is 4.78. The molecule has 0 atom stereocenters. The van der Waals surface area contributed by atoms with Gasteiger partial charge in [0.05, 0.1) is 5.69 Å². The van der Waals surface area contributed by atoms with E-state index in [4.69, 9.17) is 4.98 Å². The second-order valence-electron chi connectivity index (χ2n) is 5.80. The van der Waals surface area contributed by atoms with Crippen LogP contribution < -0.4 is 5.32 Å². The van der Waals surface area contributed by atoms with Crippen molar-refractivity contribution < 1.29 is 0 Å². The molecule has 0 aliphatic rings. The van der Waals surface area contributed by atoms with Crippen LogP contribution in [0.15, 0.2) is 30.3 Å². The number of nitrogens with zero attached hydrogens (tertiary/aromatic N) is 1. The van der Waals surface area contributed by atoms with Crippen LogP contribution in [0.5, 0.6) is 0 Å². The van der Waals surface area contributed by atoms with E-state index in [1.165, 1.54) is 22.3 Å². The number of hydrogen-bond donors (Lipinski definition) is 1. The van der Waals surface area contributed by atoms with Crippen LogP contribution in [-0.2, 0) is 6.54 Å². The van der Waals surface area contributed by atoms with Gasteiger partial charge in [-0.15, -0.1) is 0 Å². The minimum absolute atomic E-state index is 0.494. The van der Waals surface area contributed by atoms with Crippen molar-refractivity contribution in [2.45, 2.75) is 47.2 Å². The van der Waals surface area contributed by atoms with Gasteiger partial charge in [-0.3, -0.25) is 4.98 Å². The lowest BCUT2D eigenvalue weighted by Gasteiger charge is -2.12. The lowest BCUT2D eigenvalue weighted by Crippen LogP contribution is -2.22. The molecule has 0 bridgehead atoms. The van der Waals surface area contributed by atoms with Crippen LogP contribution in [0.3, 0.4) is 0 Å². The summed E-state index contributed by atoms with van der Waals surface area (Å²) in [5.74, 6) is 0. The van der Waals surface area contributed by atoms with E-state index in [-0.39, 0.29) is 0 Å². The SMILES string of the molecule is Cc1ccc(C)c(-c2ccc(CNC(C)C)c(C)n2)c1. The van der Waals surface area contributed by atoms with Crippen LogP contribution >= 0.6 is 0 Å². The van der Waals surface area contributed by atoms with Gasteiger partial charge in [-0.1, -0.05) is 37.6 Å². The Morgan fingerprint density at radius 2 is 1.80 bits per heavy atom. The standard InChI is InChI=1S/C18H24N2/c1-12(2)19-11-16-8-9-18(20-15(16)5)17-10-13(3)6-7-14(17)4/h6-10,12,19H,11H2,1-5H3. The van der Waals surface area contributed by atoms with E-state index in [1.807, 2.05) is 0 Å². The second-order valence-corrected chi connectivity index (χ2v) is 5.80. The fraction of sp³-hybridized carbons (Fsp3) is 0.389. The van der Waals surface area contributed by atoms with Gasteiger partial charge < -0.3 is 5.32 Å². The fourth-order valence-electron chi connectivity index (χ4n) is 2.25. The molecule has 0 amide bonds. The van der Waals surface area contributed by atoms with E-state index in [0.29, 0.717) is 6.04 Å². The van der Waals surface area contributed by atoms with Gasteiger partial charge in [0.25, 0.3) is 0 Å². The summed E-state index contributed by atoms with van der Waals surface area (Å²) in [5, 5.41) is 3.44. The largest absolute Gasteiger partial charge is 0.310 e. The molecule has 2 nitrogen and oxygen atoms in total. The average molecular weight is 268 g/mol. The Balaban J connectivity index is 2.31. The van der Waals surface area contributed by atoms with E-state index in [2.05, 4.69) is 70.3 Å². The summed E-state index contributed by atoms with van der Waals surface area (Å²) in [7, 11) is 0. The highest BCUT2D eigenvalue weighted by Gasteiger charge is 2.07. The van der Waals surface area contributed by atoms with Crippen molar-refractivity contribution in [3.8, 4) is 11.3 Å². The zero-order valence-corrected chi connectivity index (χ0v) is 13.1. The van der Waals surface area contributed by atoms with Gasteiger partial charge in [0, 0.05) is 23.8 Å². The molecular weight excluding hydrogens is 244 g/mol. The summed E-state index contributed by atoms with van der Waals surface area (Å²) in [5.41, 5.74) is 7.23. The summed E-state index contributed by atoms with van der Waals surface area (Å²) in [6.07, 6.45) is 0. The van der Waals surface area contributed by atoms with Crippen LogP contribution in [0.2, 0.25) is 0 Å². The van der Waals surface area contributed by atoms with Gasteiger partial charge in [0.1, 0.15) is 0 Å². The quantitative estimate of drug-likeness (QED) is 0.900. The third-order valence-corrected chi connectivity index (χ3v) is 3.57. The lowest BCUT2D eigenvalue weighted by molar-refractivity contribution is 0.586. The highest BCUT2D eigenvalue weighted by molar-refractivity contribution is 5.64. The predicted molar refractivity (Wildman–Crippen MR) is 85.9 cm³/mol. The highest BCUT2D eigenvalue weighted by atomic mass is 14.9. The van der Waals surface area contributed by atoms with Crippen LogP contribution in [0, 0.1) is 20.8 Å². The first-order valence-corrected chi connectivity index (χ1v) is 7.25. The Kier molecular flexibility index (Phi) is 4.56. The minimum Gasteiger partial charge on any atom is -0.310 e. The Labute approximate surface area is 122 Å². The first-order valence-electron chi connectivity index (χ1n) is 7.25. The van der Waals surface area contributed by atoms with E-state index in [1.54, 1.807) is 0 Å². The molecular formula is C18H24N2. The van der Waals surface area contributed by atoms with Crippen molar-refractivity contribution in [3.63, 3.8) is 0 Å². The van der Waals surface area contributed by atoms with E-state index >= 15 is 0 Å². The van der Waals surface area contributed by atoms with Gasteiger partial charge in [0.2, 0.25) is 0 Å². The Hall–Kier alpha value is -1.67. The van der Waals surface area contributed by atoms with Crippen molar-refractivity contribution in [2.75, 3.05) is 0 Å². The Morgan fingerprint density at radius 1 is 1.05 bits per heavy atom. The maximum Gasteiger partial charge on any atom is 0.0708 e. The van der Waals surface area contributed by atoms with E-state index < -0.39 is 0 Å². The molecule has 0 unspecified atom stereocenters. The molecule has 106 valence electrons. The fourth-order valence-corrected chi connectivity index (χ4v) is 2.25. The molecule has 2 heteroatoms. The number of hydrogen-bond acceptors (Lipinski definition) is 2. The molecule has 2 aromatic rings. The van der Waals surface area contributed by atoms with Crippen LogP contribution in [-0.4, -0.2) is 11.0 Å². The molecule has 1 aromatic heterocycles. The lowest BCUT2D eigenvalue weighted by atomic mass is 10.0. The molecule has 1 heterocycles. The molecule has 0 saturated carbocycles. The Morgan fingerprint density at radius 3 is 2.45 bits per heavy atom. The normalized spacial score (nSPS) is 11.1. The monoisotopic (exact) mass is 268 g/mol. The summed E-state index contributed by atoms with van der Waals surface area (Å²) in [6.45, 7) is 11.5. The number of aryl methyl sites for hydroxylation is 3. The molecule has 1 N–H and O–H groups in total. The van der Waals surface area contributed by atoms with E-state index in [9.17, 15) is 0 Å². The number of benzene rings is 1. The van der Waals surface area contributed by atoms with Gasteiger partial charge in [-0.2, -0.15) is 0 Å². The van der Waals surface area contributed by atoms with Gasteiger partial charge in [-0.05, 0) is 44.0 Å². The molecule has 20 heavy (non-hydrogen) atoms. The average Bonchev–Trinajstić information content (AvgIpc) is 2.40. The number of nitrogens with one attached hydrogen (secondary N) is 1. The summed E-state index contributed by atoms with van der Waals surface area (Å²) < 4.78 is 0. The maximum absolute atomic E-state index is 4.78. The van der Waals surface area contributed by atoms with Crippen molar-refractivity contribution in [1.29, 1.82) is 0 Å². The van der Waals surface area contributed by atoms with Crippen LogP contribution in [0.1, 0.15) is 36.2 Å². The molecule has 2 rings (SSSR count). The Bertz CT molecular complexity index is 600. The molecule has 0 aliphatic carbocycles. The zero-order valence-electron chi connectivity index (χ0n) is 13.1. The number of rotatable bonds is 4. The van der Waals surface area contributed by atoms with Gasteiger partial charge in [-0.25, -0.2) is 0 Å². The zero-order chi connectivity index (χ0) is 14.7. The van der Waals surface area contributed by atoms with Crippen molar-refractivity contribution in [1.82, 2.24) is 10.3 Å². The van der Waals surface area contributed by atoms with Gasteiger partial charge >= 0.3 is 0 Å². The molecule has 0 fully saturated rings. The van der Waals surface area contributed by atoms with Gasteiger partial charge in [0.15, 0.2) is 0 Å². The number of aromatic nitrogens is 1. The third-order valence-electron chi connectivity index (χ3n) is 3.57. The first kappa shape index (κ1) is 14.7. The van der Waals surface area contributed by atoms with Crippen molar-refractivity contribution in [2.24, 2.45) is 0 Å². The first-order chi connectivity index (χ1) is 9.47. The molecule has 0 saturated heterocycles. The van der Waals surface area contributed by atoms with E-state index in [0.717, 1.165) is 17.9 Å². The third kappa shape index (κ3) is 3.45. The van der Waals surface area contributed by atoms with Crippen molar-refractivity contribution >= 4 is 0 Å². The molecule has 1 aromatic carbocycles. The summed E-state index contributed by atoms with van der Waals surface area (Å²) in [6, 6.07) is 11.3. The molecule has 0 aliphatic heterocycles. The minimum atomic E-state index is 0.494. The predicted octanol–water partition coefficient (Wildman–Crippen LogP) is 4.17. The van der Waals surface area contributed by atoms with Crippen LogP contribution in [0.4, 0.5) is 0 Å². The number of pyridine rings is 1. The van der Waals surface area contributed by atoms with Crippen LogP contribution in [0.25, 0.3) is 11.3 Å². The second kappa shape index (κ2) is 6.19. The maximum atomic E-state index is 4.78. The molecule has 0 spiro atoms. The smallest absolute Gasteiger partial charge is 0.0708 e. The summed E-state index contributed by atoms with van der Waals surface area (Å²) >= 11 is 0.